The Morgan fingerprint density at radius 3 is 1.57 bits per heavy atom. The van der Waals surface area contributed by atoms with Gasteiger partial charge in [-0.2, -0.15) is 0 Å². The Hall–Kier alpha value is -1.47. The van der Waals surface area contributed by atoms with Crippen LogP contribution in [0.5, 0.6) is 0 Å². The number of rotatable bonds is 8. The summed E-state index contributed by atoms with van der Waals surface area (Å²) in [5.74, 6) is 0. The van der Waals surface area contributed by atoms with Gasteiger partial charge in [-0.1, -0.05) is 108 Å². The fourth-order valence-electron chi connectivity index (χ4n) is 3.67. The van der Waals surface area contributed by atoms with Crippen LogP contribution in [0.3, 0.4) is 0 Å². The van der Waals surface area contributed by atoms with Crippen molar-refractivity contribution in [3.63, 3.8) is 0 Å². The summed E-state index contributed by atoms with van der Waals surface area (Å²) in [5.41, 5.74) is 0. The topological polar surface area (TPSA) is 18.5 Å². The molecule has 0 N–H and O–H groups in total. The van der Waals surface area contributed by atoms with E-state index in [0.29, 0.717) is 6.61 Å². The second kappa shape index (κ2) is 9.35. The van der Waals surface area contributed by atoms with Crippen LogP contribution in [0.1, 0.15) is 41.5 Å². The van der Waals surface area contributed by atoms with Gasteiger partial charge in [0.05, 0.1) is 12.7 Å². The summed E-state index contributed by atoms with van der Waals surface area (Å²) in [6.45, 7) is 22.9. The Bertz CT molecular complexity index is 763. The van der Waals surface area contributed by atoms with Crippen molar-refractivity contribution >= 4 is 27.0 Å². The van der Waals surface area contributed by atoms with Crippen LogP contribution in [-0.2, 0) is 8.85 Å². The molecule has 30 heavy (non-hydrogen) atoms. The van der Waals surface area contributed by atoms with Crippen molar-refractivity contribution in [1.82, 2.24) is 0 Å². The minimum atomic E-state index is -2.56. The van der Waals surface area contributed by atoms with Gasteiger partial charge >= 0.3 is 0 Å². The summed E-state index contributed by atoms with van der Waals surface area (Å²) in [6, 6.07) is 21.5. The van der Waals surface area contributed by atoms with Gasteiger partial charge in [0.15, 0.2) is 8.32 Å². The predicted octanol–water partition coefficient (Wildman–Crippen LogP) is 6.14. The first kappa shape index (κ1) is 24.8. The largest absolute Gasteiger partial charge is 0.408 e. The van der Waals surface area contributed by atoms with Gasteiger partial charge in [-0.05, 0) is 33.5 Å². The van der Waals surface area contributed by atoms with E-state index in [4.69, 9.17) is 8.85 Å². The van der Waals surface area contributed by atoms with E-state index in [-0.39, 0.29) is 16.2 Å². The van der Waals surface area contributed by atoms with Crippen molar-refractivity contribution in [3.8, 4) is 0 Å². The zero-order valence-electron chi connectivity index (χ0n) is 20.2. The van der Waals surface area contributed by atoms with Gasteiger partial charge in [-0.15, -0.1) is 6.58 Å². The van der Waals surface area contributed by atoms with Gasteiger partial charge in [0, 0.05) is 0 Å². The van der Waals surface area contributed by atoms with E-state index in [0.717, 1.165) is 0 Å². The van der Waals surface area contributed by atoms with Crippen LogP contribution in [0.25, 0.3) is 0 Å². The Labute approximate surface area is 186 Å². The van der Waals surface area contributed by atoms with Crippen molar-refractivity contribution in [3.05, 3.63) is 73.3 Å². The molecule has 0 radical (unpaired) electrons. The second-order valence-electron chi connectivity index (χ2n) is 10.6. The molecule has 2 aromatic rings. The van der Waals surface area contributed by atoms with Crippen molar-refractivity contribution in [2.75, 3.05) is 6.61 Å². The maximum atomic E-state index is 7.04. The molecule has 2 aromatic carbocycles. The van der Waals surface area contributed by atoms with Crippen LogP contribution < -0.4 is 10.4 Å². The predicted molar refractivity (Wildman–Crippen MR) is 136 cm³/mol. The molecular formula is C26H40O2Si2. The first-order valence-corrected chi connectivity index (χ1v) is 15.7. The highest BCUT2D eigenvalue weighted by Crippen LogP contribution is 2.39. The van der Waals surface area contributed by atoms with Crippen LogP contribution >= 0.6 is 0 Å². The zero-order chi connectivity index (χ0) is 22.6. The van der Waals surface area contributed by atoms with Crippen LogP contribution in [0, 0.1) is 0 Å². The van der Waals surface area contributed by atoms with Crippen molar-refractivity contribution < 1.29 is 8.85 Å². The first-order chi connectivity index (χ1) is 13.8. The van der Waals surface area contributed by atoms with E-state index < -0.39 is 16.6 Å². The van der Waals surface area contributed by atoms with Crippen LogP contribution in [-0.4, -0.2) is 29.3 Å². The fourth-order valence-corrected chi connectivity index (χ4v) is 9.52. The van der Waals surface area contributed by atoms with Gasteiger partial charge in [0.2, 0.25) is 0 Å². The van der Waals surface area contributed by atoms with Crippen LogP contribution in [0.4, 0.5) is 0 Å². The average molecular weight is 441 g/mol. The fraction of sp³-hybridized carbons (Fsp3) is 0.462. The highest BCUT2D eigenvalue weighted by atomic mass is 28.4. The van der Waals surface area contributed by atoms with Crippen molar-refractivity contribution in [1.29, 1.82) is 0 Å². The summed E-state index contributed by atoms with van der Waals surface area (Å²) in [6.07, 6.45) is 1.80. The Morgan fingerprint density at radius 1 is 0.800 bits per heavy atom. The van der Waals surface area contributed by atoms with Crippen LogP contribution in [0.2, 0.25) is 23.2 Å². The smallest absolute Gasteiger partial charge is 0.261 e. The Kier molecular flexibility index (Phi) is 7.73. The third-order valence-corrected chi connectivity index (χ3v) is 15.9. The molecule has 0 bridgehead atoms. The molecule has 2 rings (SSSR count). The third-order valence-electron chi connectivity index (χ3n) is 6.40. The molecule has 2 nitrogen and oxygen atoms in total. The highest BCUT2D eigenvalue weighted by molar-refractivity contribution is 6.99. The minimum Gasteiger partial charge on any atom is -0.408 e. The molecule has 0 aromatic heterocycles. The monoisotopic (exact) mass is 440 g/mol. The molecule has 0 fully saturated rings. The van der Waals surface area contributed by atoms with E-state index >= 15 is 0 Å². The Morgan fingerprint density at radius 2 is 1.23 bits per heavy atom. The highest BCUT2D eigenvalue weighted by Gasteiger charge is 2.50. The molecule has 0 spiro atoms. The summed E-state index contributed by atoms with van der Waals surface area (Å²) >= 11 is 0. The van der Waals surface area contributed by atoms with Crippen molar-refractivity contribution in [2.24, 2.45) is 0 Å². The van der Waals surface area contributed by atoms with Gasteiger partial charge in [0.1, 0.15) is 0 Å². The average Bonchev–Trinajstić information content (AvgIpc) is 2.67. The van der Waals surface area contributed by atoms with E-state index in [1.807, 2.05) is 6.08 Å². The lowest BCUT2D eigenvalue weighted by Gasteiger charge is -2.44. The maximum absolute atomic E-state index is 7.04. The van der Waals surface area contributed by atoms with E-state index in [1.165, 1.54) is 10.4 Å². The van der Waals surface area contributed by atoms with E-state index in [2.05, 4.69) is 122 Å². The second-order valence-corrected chi connectivity index (χ2v) is 19.7. The van der Waals surface area contributed by atoms with Gasteiger partial charge < -0.3 is 8.85 Å². The first-order valence-electron chi connectivity index (χ1n) is 10.9. The maximum Gasteiger partial charge on any atom is 0.261 e. The number of hydrogen-bond acceptors (Lipinski definition) is 2. The normalized spacial score (nSPS) is 14.4. The van der Waals surface area contributed by atoms with E-state index in [1.54, 1.807) is 0 Å². The van der Waals surface area contributed by atoms with Gasteiger partial charge in [0.25, 0.3) is 8.32 Å². The summed E-state index contributed by atoms with van der Waals surface area (Å²) in [5, 5.41) is 2.68. The van der Waals surface area contributed by atoms with Crippen molar-refractivity contribution in [2.45, 2.75) is 70.8 Å². The molecule has 0 aliphatic rings. The van der Waals surface area contributed by atoms with Gasteiger partial charge in [-0.3, -0.25) is 0 Å². The molecule has 0 heterocycles. The lowest BCUT2D eigenvalue weighted by Crippen LogP contribution is -2.67. The molecule has 1 atom stereocenters. The quantitative estimate of drug-likeness (QED) is 0.362. The molecule has 0 saturated carbocycles. The molecule has 0 saturated heterocycles. The molecular weight excluding hydrogens is 400 g/mol. The molecule has 0 aliphatic carbocycles. The summed E-state index contributed by atoms with van der Waals surface area (Å²) in [4.78, 5) is 0. The standard InChI is InChI=1S/C26H40O2Si2/c1-10-22(28-29(8,9)25(2,3)4)21-27-30(26(5,6)7,23-17-13-11-14-18-23)24-19-15-12-16-20-24/h10-20,22H,1,21H2,2-9H3. The molecule has 4 heteroatoms. The third kappa shape index (κ3) is 5.23. The minimum absolute atomic E-state index is 0.0433. The molecule has 0 aliphatic heterocycles. The zero-order valence-corrected chi connectivity index (χ0v) is 22.2. The Balaban J connectivity index is 2.47. The number of hydrogen-bond donors (Lipinski definition) is 0. The number of benzene rings is 2. The molecule has 1 unspecified atom stereocenters. The summed E-state index contributed by atoms with van der Waals surface area (Å²) < 4.78 is 13.7. The molecule has 164 valence electrons. The SMILES string of the molecule is C=CC(CO[Si](c1ccccc1)(c1ccccc1)C(C)(C)C)O[Si](C)(C)C(C)(C)C. The van der Waals surface area contributed by atoms with Crippen LogP contribution in [0.15, 0.2) is 73.3 Å². The summed E-state index contributed by atoms with van der Waals surface area (Å²) in [7, 11) is -4.49. The lowest BCUT2D eigenvalue weighted by atomic mass is 10.2. The lowest BCUT2D eigenvalue weighted by molar-refractivity contribution is 0.144. The van der Waals surface area contributed by atoms with Gasteiger partial charge in [-0.25, -0.2) is 0 Å². The van der Waals surface area contributed by atoms with E-state index in [9.17, 15) is 0 Å². The molecule has 0 amide bonds.